The normalized spacial score (nSPS) is 8.83. The third-order valence-corrected chi connectivity index (χ3v) is 1.87. The molecule has 0 aliphatic heterocycles. The van der Waals surface area contributed by atoms with E-state index in [4.69, 9.17) is 8.92 Å². The molecule has 1 aromatic rings. The largest absolute Gasteiger partial charge is 0.497 e. The van der Waals surface area contributed by atoms with Crippen molar-refractivity contribution in [2.24, 2.45) is 0 Å². The van der Waals surface area contributed by atoms with Crippen molar-refractivity contribution in [2.75, 3.05) is 14.2 Å². The summed E-state index contributed by atoms with van der Waals surface area (Å²) in [5.74, 6) is 0.866. The van der Waals surface area contributed by atoms with Crippen LogP contribution in [-0.2, 0) is 4.18 Å². The molecule has 1 rings (SSSR count). The van der Waals surface area contributed by atoms with Crippen molar-refractivity contribution in [1.29, 1.82) is 0 Å². The van der Waals surface area contributed by atoms with Crippen LogP contribution >= 0.6 is 25.5 Å². The molecule has 4 heteroatoms. The van der Waals surface area contributed by atoms with Gasteiger partial charge in [0.1, 0.15) is 5.75 Å². The predicted molar refractivity (Wildman–Crippen MR) is 56.2 cm³/mol. The van der Waals surface area contributed by atoms with E-state index in [1.54, 1.807) is 14.2 Å². The monoisotopic (exact) mass is 204 g/mol. The standard InChI is InChI=1S/C8H10O2S.H2S/c1-9-7-3-5-8(6-4-7)11-10-2;/h3-6H,1-2H3;1H2. The van der Waals surface area contributed by atoms with Gasteiger partial charge in [-0.15, -0.1) is 0 Å². The zero-order valence-corrected chi connectivity index (χ0v) is 8.85. The van der Waals surface area contributed by atoms with Gasteiger partial charge in [0.25, 0.3) is 0 Å². The van der Waals surface area contributed by atoms with E-state index in [-0.39, 0.29) is 13.5 Å². The zero-order valence-electron chi connectivity index (χ0n) is 7.03. The maximum Gasteiger partial charge on any atom is 0.118 e. The van der Waals surface area contributed by atoms with Crippen molar-refractivity contribution in [3.63, 3.8) is 0 Å². The quantitative estimate of drug-likeness (QED) is 0.705. The third-order valence-electron chi connectivity index (χ3n) is 1.24. The van der Waals surface area contributed by atoms with Gasteiger partial charge in [0.15, 0.2) is 0 Å². The highest BCUT2D eigenvalue weighted by Gasteiger charge is 1.92. The highest BCUT2D eigenvalue weighted by molar-refractivity contribution is 7.94. The summed E-state index contributed by atoms with van der Waals surface area (Å²) in [4.78, 5) is 1.08. The Morgan fingerprint density at radius 3 is 2.08 bits per heavy atom. The predicted octanol–water partition coefficient (Wildman–Crippen LogP) is 2.46. The molecule has 0 N–H and O–H groups in total. The van der Waals surface area contributed by atoms with E-state index in [9.17, 15) is 0 Å². The van der Waals surface area contributed by atoms with Crippen LogP contribution in [0.1, 0.15) is 0 Å². The van der Waals surface area contributed by atoms with Crippen molar-refractivity contribution in [3.8, 4) is 5.75 Å². The number of methoxy groups -OCH3 is 1. The van der Waals surface area contributed by atoms with E-state index >= 15 is 0 Å². The molecule has 2 nitrogen and oxygen atoms in total. The minimum absolute atomic E-state index is 0. The number of hydrogen-bond donors (Lipinski definition) is 0. The summed E-state index contributed by atoms with van der Waals surface area (Å²) in [6.07, 6.45) is 0. The van der Waals surface area contributed by atoms with E-state index in [1.807, 2.05) is 24.3 Å². The molecule has 1 aromatic carbocycles. The summed E-state index contributed by atoms with van der Waals surface area (Å²) in [5.41, 5.74) is 0. The molecule has 0 spiro atoms. The summed E-state index contributed by atoms with van der Waals surface area (Å²) in [6, 6.07) is 7.71. The van der Waals surface area contributed by atoms with E-state index in [0.717, 1.165) is 10.6 Å². The molecule has 0 fully saturated rings. The van der Waals surface area contributed by atoms with Gasteiger partial charge in [-0.3, -0.25) is 0 Å². The molecule has 0 bridgehead atoms. The Labute approximate surface area is 83.9 Å². The maximum atomic E-state index is 5.00. The Balaban J connectivity index is 0.00000121. The first kappa shape index (κ1) is 11.7. The molecule has 0 aliphatic carbocycles. The molecule has 12 heavy (non-hydrogen) atoms. The number of ether oxygens (including phenoxy) is 1. The molecule has 0 saturated carbocycles. The van der Waals surface area contributed by atoms with Crippen LogP contribution < -0.4 is 4.74 Å². The van der Waals surface area contributed by atoms with Gasteiger partial charge in [0, 0.05) is 16.9 Å². The second kappa shape index (κ2) is 6.22. The van der Waals surface area contributed by atoms with E-state index in [2.05, 4.69) is 0 Å². The summed E-state index contributed by atoms with van der Waals surface area (Å²) < 4.78 is 9.87. The van der Waals surface area contributed by atoms with Gasteiger partial charge in [-0.25, -0.2) is 0 Å². The Morgan fingerprint density at radius 2 is 1.67 bits per heavy atom. The van der Waals surface area contributed by atoms with Gasteiger partial charge >= 0.3 is 0 Å². The minimum Gasteiger partial charge on any atom is -0.497 e. The van der Waals surface area contributed by atoms with Crippen LogP contribution in [0.5, 0.6) is 5.75 Å². The molecular weight excluding hydrogens is 192 g/mol. The molecule has 0 aliphatic rings. The SMILES string of the molecule is COSc1ccc(OC)cc1.S. The topological polar surface area (TPSA) is 18.5 Å². The molecule has 0 heterocycles. The number of rotatable bonds is 3. The van der Waals surface area contributed by atoms with Crippen LogP contribution in [0.3, 0.4) is 0 Å². The van der Waals surface area contributed by atoms with Crippen molar-refractivity contribution in [2.45, 2.75) is 4.90 Å². The van der Waals surface area contributed by atoms with Crippen LogP contribution in [0.4, 0.5) is 0 Å². The Kier molecular flexibility index (Phi) is 6.06. The van der Waals surface area contributed by atoms with E-state index in [0.29, 0.717) is 0 Å². The lowest BCUT2D eigenvalue weighted by molar-refractivity contribution is 0.414. The van der Waals surface area contributed by atoms with E-state index in [1.165, 1.54) is 12.0 Å². The number of benzene rings is 1. The van der Waals surface area contributed by atoms with Crippen molar-refractivity contribution < 1.29 is 8.92 Å². The van der Waals surface area contributed by atoms with Crippen molar-refractivity contribution >= 4 is 25.5 Å². The van der Waals surface area contributed by atoms with Crippen molar-refractivity contribution in [1.82, 2.24) is 0 Å². The molecule has 68 valence electrons. The summed E-state index contributed by atoms with van der Waals surface area (Å²) in [7, 11) is 3.30. The molecule has 0 atom stereocenters. The minimum atomic E-state index is 0. The summed E-state index contributed by atoms with van der Waals surface area (Å²) >= 11 is 1.34. The van der Waals surface area contributed by atoms with Crippen LogP contribution in [0.25, 0.3) is 0 Å². The lowest BCUT2D eigenvalue weighted by atomic mass is 10.3. The number of hydrogen-bond acceptors (Lipinski definition) is 3. The summed E-state index contributed by atoms with van der Waals surface area (Å²) in [5, 5.41) is 0. The molecule has 0 aromatic heterocycles. The van der Waals surface area contributed by atoms with Gasteiger partial charge < -0.3 is 8.92 Å². The third kappa shape index (κ3) is 3.38. The van der Waals surface area contributed by atoms with Gasteiger partial charge in [0.05, 0.1) is 14.2 Å². The second-order valence-electron chi connectivity index (χ2n) is 1.93. The van der Waals surface area contributed by atoms with Gasteiger partial charge in [-0.2, -0.15) is 13.5 Å². The van der Waals surface area contributed by atoms with Crippen LogP contribution in [0.2, 0.25) is 0 Å². The van der Waals surface area contributed by atoms with Crippen molar-refractivity contribution in [3.05, 3.63) is 24.3 Å². The first-order valence-electron chi connectivity index (χ1n) is 3.21. The fraction of sp³-hybridized carbons (Fsp3) is 0.250. The first-order valence-corrected chi connectivity index (χ1v) is 3.95. The molecule has 0 saturated heterocycles. The van der Waals surface area contributed by atoms with Crippen LogP contribution in [0.15, 0.2) is 29.2 Å². The lowest BCUT2D eigenvalue weighted by Crippen LogP contribution is -1.81. The zero-order chi connectivity index (χ0) is 8.10. The second-order valence-corrected chi connectivity index (χ2v) is 2.90. The van der Waals surface area contributed by atoms with E-state index < -0.39 is 0 Å². The molecule has 0 unspecified atom stereocenters. The average Bonchev–Trinajstić information content (AvgIpc) is 2.07. The van der Waals surface area contributed by atoms with Gasteiger partial charge in [-0.1, -0.05) is 0 Å². The summed E-state index contributed by atoms with van der Waals surface area (Å²) in [6.45, 7) is 0. The molecule has 0 radical (unpaired) electrons. The molecular formula is C8H12O2S2. The average molecular weight is 204 g/mol. The Hall–Kier alpha value is -0.320. The van der Waals surface area contributed by atoms with Gasteiger partial charge in [0.2, 0.25) is 0 Å². The Morgan fingerprint density at radius 1 is 1.08 bits per heavy atom. The van der Waals surface area contributed by atoms with Crippen LogP contribution in [-0.4, -0.2) is 14.2 Å². The smallest absolute Gasteiger partial charge is 0.118 e. The van der Waals surface area contributed by atoms with Crippen LogP contribution in [0, 0.1) is 0 Å². The first-order chi connectivity index (χ1) is 5.36. The fourth-order valence-electron chi connectivity index (χ4n) is 0.728. The maximum absolute atomic E-state index is 5.00. The lowest BCUT2D eigenvalue weighted by Gasteiger charge is -2.00. The Bertz CT molecular complexity index is 211. The fourth-order valence-corrected chi connectivity index (χ4v) is 1.17. The highest BCUT2D eigenvalue weighted by Crippen LogP contribution is 2.20. The van der Waals surface area contributed by atoms with Gasteiger partial charge in [-0.05, 0) is 24.3 Å². The highest BCUT2D eigenvalue weighted by atomic mass is 32.2. The molecule has 0 amide bonds.